The molecule has 1 aliphatic rings. The lowest BCUT2D eigenvalue weighted by Gasteiger charge is -2.30. The first-order chi connectivity index (χ1) is 15.1. The highest BCUT2D eigenvalue weighted by atomic mass is 16.5. The van der Waals surface area contributed by atoms with Gasteiger partial charge in [0.15, 0.2) is 12.4 Å². The van der Waals surface area contributed by atoms with E-state index >= 15 is 0 Å². The molecule has 0 aliphatic carbocycles. The number of benzene rings is 2. The standard InChI is InChI=1S/C26H28N2O3/c1-27-17-8-12-23(27)24-11-6-3-7-18-28(24)25(29)19-31-22-15-13-21(14-16-22)26(30)20-9-4-2-5-10-20/h2,4-5,8-10,12-17,24H,3,6-7,11,18-19H2,1H3. The van der Waals surface area contributed by atoms with Gasteiger partial charge in [0.2, 0.25) is 0 Å². The fourth-order valence-electron chi connectivity index (χ4n) is 4.22. The smallest absolute Gasteiger partial charge is 0.261 e. The van der Waals surface area contributed by atoms with E-state index in [2.05, 4.69) is 10.6 Å². The molecule has 2 aromatic carbocycles. The zero-order valence-corrected chi connectivity index (χ0v) is 17.9. The van der Waals surface area contributed by atoms with Crippen molar-refractivity contribution >= 4 is 11.7 Å². The molecule has 2 heterocycles. The van der Waals surface area contributed by atoms with Crippen molar-refractivity contribution in [2.45, 2.75) is 31.7 Å². The predicted molar refractivity (Wildman–Crippen MR) is 120 cm³/mol. The minimum atomic E-state index is -0.0294. The van der Waals surface area contributed by atoms with Gasteiger partial charge in [-0.1, -0.05) is 43.2 Å². The van der Waals surface area contributed by atoms with Gasteiger partial charge in [-0.3, -0.25) is 9.59 Å². The van der Waals surface area contributed by atoms with E-state index in [1.165, 1.54) is 5.69 Å². The molecule has 160 valence electrons. The lowest BCUT2D eigenvalue weighted by Crippen LogP contribution is -2.38. The number of aromatic nitrogens is 1. The second-order valence-electron chi connectivity index (χ2n) is 8.00. The molecule has 1 saturated heterocycles. The van der Waals surface area contributed by atoms with Crippen LogP contribution in [0, 0.1) is 0 Å². The molecule has 4 rings (SSSR count). The average molecular weight is 417 g/mol. The molecule has 1 unspecified atom stereocenters. The summed E-state index contributed by atoms with van der Waals surface area (Å²) >= 11 is 0. The largest absolute Gasteiger partial charge is 0.484 e. The Bertz CT molecular complexity index is 1020. The van der Waals surface area contributed by atoms with Gasteiger partial charge in [-0.05, 0) is 49.2 Å². The second-order valence-corrected chi connectivity index (χ2v) is 8.00. The number of ether oxygens (including phenoxy) is 1. The SMILES string of the molecule is Cn1cccc1C1CCCCCN1C(=O)COc1ccc(C(=O)c2ccccc2)cc1. The summed E-state index contributed by atoms with van der Waals surface area (Å²) in [6.07, 6.45) is 6.28. The number of carbonyl (C=O) groups is 2. The fourth-order valence-corrected chi connectivity index (χ4v) is 4.22. The van der Waals surface area contributed by atoms with Crippen LogP contribution in [0.2, 0.25) is 0 Å². The number of carbonyl (C=O) groups excluding carboxylic acids is 2. The van der Waals surface area contributed by atoms with E-state index in [0.29, 0.717) is 16.9 Å². The molecule has 0 saturated carbocycles. The van der Waals surface area contributed by atoms with E-state index in [-0.39, 0.29) is 24.3 Å². The van der Waals surface area contributed by atoms with Gasteiger partial charge in [0.05, 0.1) is 6.04 Å². The van der Waals surface area contributed by atoms with Crippen LogP contribution in [0.1, 0.15) is 53.3 Å². The third kappa shape index (κ3) is 4.88. The maximum Gasteiger partial charge on any atom is 0.261 e. The average Bonchev–Trinajstić information content (AvgIpc) is 3.08. The highest BCUT2D eigenvalue weighted by Crippen LogP contribution is 2.30. The van der Waals surface area contributed by atoms with Crippen molar-refractivity contribution in [2.75, 3.05) is 13.2 Å². The number of aryl methyl sites for hydroxylation is 1. The normalized spacial score (nSPS) is 16.5. The van der Waals surface area contributed by atoms with Gasteiger partial charge in [-0.25, -0.2) is 0 Å². The molecule has 0 radical (unpaired) electrons. The Morgan fingerprint density at radius 2 is 1.65 bits per heavy atom. The number of likely N-dealkylation sites (tertiary alicyclic amines) is 1. The summed E-state index contributed by atoms with van der Waals surface area (Å²) in [6, 6.07) is 20.4. The van der Waals surface area contributed by atoms with Crippen molar-refractivity contribution < 1.29 is 14.3 Å². The summed E-state index contributed by atoms with van der Waals surface area (Å²) in [7, 11) is 2.03. The van der Waals surface area contributed by atoms with Crippen LogP contribution in [-0.2, 0) is 11.8 Å². The van der Waals surface area contributed by atoms with Gasteiger partial charge < -0.3 is 14.2 Å². The first kappa shape index (κ1) is 20.9. The third-order valence-electron chi connectivity index (χ3n) is 5.91. The molecule has 5 nitrogen and oxygen atoms in total. The monoisotopic (exact) mass is 416 g/mol. The lowest BCUT2D eigenvalue weighted by atomic mass is 10.0. The zero-order valence-electron chi connectivity index (χ0n) is 17.9. The van der Waals surface area contributed by atoms with Crippen LogP contribution in [0.3, 0.4) is 0 Å². The Balaban J connectivity index is 1.40. The van der Waals surface area contributed by atoms with E-state index in [9.17, 15) is 9.59 Å². The van der Waals surface area contributed by atoms with Gasteiger partial charge in [0.25, 0.3) is 5.91 Å². The number of hydrogen-bond acceptors (Lipinski definition) is 3. The molecule has 1 aromatic heterocycles. The molecule has 5 heteroatoms. The summed E-state index contributed by atoms with van der Waals surface area (Å²) in [5.41, 5.74) is 2.42. The Morgan fingerprint density at radius 3 is 2.35 bits per heavy atom. The van der Waals surface area contributed by atoms with Crippen molar-refractivity contribution in [1.82, 2.24) is 9.47 Å². The summed E-state index contributed by atoms with van der Waals surface area (Å²) in [5, 5.41) is 0. The predicted octanol–water partition coefficient (Wildman–Crippen LogP) is 4.78. The number of ketones is 1. The Kier molecular flexibility index (Phi) is 6.51. The maximum atomic E-state index is 13.0. The van der Waals surface area contributed by atoms with E-state index in [0.717, 1.165) is 32.2 Å². The van der Waals surface area contributed by atoms with Gasteiger partial charge >= 0.3 is 0 Å². The first-order valence-corrected chi connectivity index (χ1v) is 10.9. The Hall–Kier alpha value is -3.34. The number of hydrogen-bond donors (Lipinski definition) is 0. The van der Waals surface area contributed by atoms with Crippen molar-refractivity contribution in [2.24, 2.45) is 7.05 Å². The van der Waals surface area contributed by atoms with Crippen LogP contribution in [0.5, 0.6) is 5.75 Å². The minimum Gasteiger partial charge on any atom is -0.484 e. The number of amides is 1. The van der Waals surface area contributed by atoms with Crippen molar-refractivity contribution in [1.29, 1.82) is 0 Å². The van der Waals surface area contributed by atoms with Crippen molar-refractivity contribution in [3.05, 3.63) is 89.7 Å². The quantitative estimate of drug-likeness (QED) is 0.544. The highest BCUT2D eigenvalue weighted by molar-refractivity contribution is 6.08. The van der Waals surface area contributed by atoms with E-state index in [1.807, 2.05) is 42.4 Å². The molecular weight excluding hydrogens is 388 g/mol. The van der Waals surface area contributed by atoms with Crippen LogP contribution < -0.4 is 4.74 Å². The molecule has 0 spiro atoms. The van der Waals surface area contributed by atoms with Crippen LogP contribution in [0.4, 0.5) is 0 Å². The summed E-state index contributed by atoms with van der Waals surface area (Å²) < 4.78 is 7.89. The highest BCUT2D eigenvalue weighted by Gasteiger charge is 2.28. The van der Waals surface area contributed by atoms with Crippen LogP contribution in [0.15, 0.2) is 72.9 Å². The van der Waals surface area contributed by atoms with Crippen molar-refractivity contribution in [3.63, 3.8) is 0 Å². The molecule has 1 atom stereocenters. The molecule has 1 aliphatic heterocycles. The fraction of sp³-hybridized carbons (Fsp3) is 0.308. The van der Waals surface area contributed by atoms with Crippen LogP contribution in [-0.4, -0.2) is 34.3 Å². The number of nitrogens with zero attached hydrogens (tertiary/aromatic N) is 2. The summed E-state index contributed by atoms with van der Waals surface area (Å²) in [4.78, 5) is 27.5. The third-order valence-corrected chi connectivity index (χ3v) is 5.91. The first-order valence-electron chi connectivity index (χ1n) is 10.9. The zero-order chi connectivity index (χ0) is 21.6. The minimum absolute atomic E-state index is 0.00228. The molecule has 1 amide bonds. The van der Waals surface area contributed by atoms with Gasteiger partial charge in [0, 0.05) is 36.6 Å². The van der Waals surface area contributed by atoms with Gasteiger partial charge in [0.1, 0.15) is 5.75 Å². The van der Waals surface area contributed by atoms with E-state index in [4.69, 9.17) is 4.74 Å². The van der Waals surface area contributed by atoms with Crippen LogP contribution in [0.25, 0.3) is 0 Å². The summed E-state index contributed by atoms with van der Waals surface area (Å²) in [5.74, 6) is 0.555. The topological polar surface area (TPSA) is 51.5 Å². The maximum absolute atomic E-state index is 13.0. The van der Waals surface area contributed by atoms with E-state index in [1.54, 1.807) is 36.4 Å². The molecule has 0 bridgehead atoms. The lowest BCUT2D eigenvalue weighted by molar-refractivity contribution is -0.136. The molecule has 1 fully saturated rings. The Labute approximate surface area is 183 Å². The summed E-state index contributed by atoms with van der Waals surface area (Å²) in [6.45, 7) is 0.745. The molecule has 31 heavy (non-hydrogen) atoms. The molecular formula is C26H28N2O3. The van der Waals surface area contributed by atoms with E-state index < -0.39 is 0 Å². The second kappa shape index (κ2) is 9.65. The molecule has 3 aromatic rings. The van der Waals surface area contributed by atoms with Crippen LogP contribution >= 0.6 is 0 Å². The Morgan fingerprint density at radius 1 is 0.903 bits per heavy atom. The van der Waals surface area contributed by atoms with Crippen molar-refractivity contribution in [3.8, 4) is 5.75 Å². The van der Waals surface area contributed by atoms with Gasteiger partial charge in [-0.2, -0.15) is 0 Å². The number of rotatable bonds is 6. The molecule has 0 N–H and O–H groups in total. The van der Waals surface area contributed by atoms with Gasteiger partial charge in [-0.15, -0.1) is 0 Å².